The molecular weight excluding hydrogens is 130 g/mol. The molecule has 0 aliphatic carbocycles. The van der Waals surface area contributed by atoms with Gasteiger partial charge in [0.25, 0.3) is 0 Å². The fourth-order valence-corrected chi connectivity index (χ4v) is 1.33. The summed E-state index contributed by atoms with van der Waals surface area (Å²) < 4.78 is 0. The van der Waals surface area contributed by atoms with Crippen molar-refractivity contribution < 1.29 is 0 Å². The van der Waals surface area contributed by atoms with E-state index in [9.17, 15) is 0 Å². The summed E-state index contributed by atoms with van der Waals surface area (Å²) in [6.07, 6.45) is 3.38. The van der Waals surface area contributed by atoms with Crippen molar-refractivity contribution in [3.8, 4) is 0 Å². The fraction of sp³-hybridized carbons (Fsp3) is 0.857. The van der Waals surface area contributed by atoms with Crippen LogP contribution in [0.1, 0.15) is 33.1 Å². The first-order valence-electron chi connectivity index (χ1n) is 3.51. The van der Waals surface area contributed by atoms with Crippen molar-refractivity contribution >= 4 is 16.8 Å². The molecule has 0 aliphatic heterocycles. The van der Waals surface area contributed by atoms with E-state index in [1.807, 2.05) is 6.92 Å². The lowest BCUT2D eigenvalue weighted by atomic mass is 10.4. The average molecular weight is 145 g/mol. The van der Waals surface area contributed by atoms with Crippen molar-refractivity contribution in [2.45, 2.75) is 33.1 Å². The molecule has 0 aromatic rings. The molecule has 0 fully saturated rings. The predicted molar refractivity (Wildman–Crippen MR) is 45.4 cm³/mol. The Morgan fingerprint density at radius 2 is 2.11 bits per heavy atom. The second-order valence-corrected chi connectivity index (χ2v) is 3.17. The van der Waals surface area contributed by atoms with Crippen molar-refractivity contribution in [3.63, 3.8) is 0 Å². The number of rotatable bonds is 4. The van der Waals surface area contributed by atoms with Gasteiger partial charge in [0.2, 0.25) is 0 Å². The van der Waals surface area contributed by atoms with Gasteiger partial charge in [0.1, 0.15) is 0 Å². The lowest BCUT2D eigenvalue weighted by Crippen LogP contribution is -1.87. The minimum Gasteiger partial charge on any atom is -0.298 e. The van der Waals surface area contributed by atoms with Gasteiger partial charge in [-0.05, 0) is 18.6 Å². The van der Waals surface area contributed by atoms with Crippen molar-refractivity contribution in [3.05, 3.63) is 0 Å². The van der Waals surface area contributed by atoms with Gasteiger partial charge in [-0.3, -0.25) is 5.41 Å². The van der Waals surface area contributed by atoms with Crippen LogP contribution in [0, 0.1) is 5.41 Å². The number of nitrogens with one attached hydrogen (secondary N) is 1. The zero-order valence-electron chi connectivity index (χ0n) is 6.24. The Hall–Kier alpha value is 0.0200. The molecule has 9 heavy (non-hydrogen) atoms. The summed E-state index contributed by atoms with van der Waals surface area (Å²) in [6, 6.07) is 0. The standard InChI is InChI=1S/C7H15NS/c1-3-5-6-9-7(8)4-2/h8H,3-6H2,1-2H3. The van der Waals surface area contributed by atoms with Crippen LogP contribution in [0.25, 0.3) is 0 Å². The van der Waals surface area contributed by atoms with Crippen LogP contribution < -0.4 is 0 Å². The third-order valence-electron chi connectivity index (χ3n) is 1.10. The van der Waals surface area contributed by atoms with Crippen LogP contribution in [-0.2, 0) is 0 Å². The SMILES string of the molecule is CCCCSC(=N)CC. The lowest BCUT2D eigenvalue weighted by molar-refractivity contribution is 0.898. The zero-order chi connectivity index (χ0) is 7.11. The van der Waals surface area contributed by atoms with Crippen molar-refractivity contribution in [1.82, 2.24) is 0 Å². The summed E-state index contributed by atoms with van der Waals surface area (Å²) in [5.74, 6) is 1.13. The molecule has 0 heterocycles. The molecule has 2 heteroatoms. The average Bonchev–Trinajstić information content (AvgIpc) is 1.89. The Bertz CT molecular complexity index is 81.0. The summed E-state index contributed by atoms with van der Waals surface area (Å²) >= 11 is 1.68. The van der Waals surface area contributed by atoms with Gasteiger partial charge in [-0.25, -0.2) is 0 Å². The van der Waals surface area contributed by atoms with E-state index in [2.05, 4.69) is 6.92 Å². The number of unbranched alkanes of at least 4 members (excludes halogenated alkanes) is 1. The van der Waals surface area contributed by atoms with Crippen LogP contribution in [0.3, 0.4) is 0 Å². The first-order chi connectivity index (χ1) is 4.31. The number of thioether (sulfide) groups is 1. The minimum absolute atomic E-state index is 0.823. The Morgan fingerprint density at radius 3 is 2.56 bits per heavy atom. The molecule has 0 radical (unpaired) electrons. The lowest BCUT2D eigenvalue weighted by Gasteiger charge is -1.96. The fourth-order valence-electron chi connectivity index (χ4n) is 0.442. The predicted octanol–water partition coefficient (Wildman–Crippen LogP) is 2.91. The summed E-state index contributed by atoms with van der Waals surface area (Å²) in [5.41, 5.74) is 0. The van der Waals surface area contributed by atoms with E-state index >= 15 is 0 Å². The molecule has 0 bridgehead atoms. The molecule has 0 atom stereocenters. The zero-order valence-corrected chi connectivity index (χ0v) is 7.05. The van der Waals surface area contributed by atoms with Gasteiger partial charge in [0.15, 0.2) is 0 Å². The van der Waals surface area contributed by atoms with Gasteiger partial charge in [-0.1, -0.05) is 20.3 Å². The molecule has 0 unspecified atom stereocenters. The summed E-state index contributed by atoms with van der Waals surface area (Å²) in [7, 11) is 0. The first kappa shape index (κ1) is 9.02. The Labute approximate surface area is 61.7 Å². The molecule has 0 saturated heterocycles. The second-order valence-electron chi connectivity index (χ2n) is 1.98. The van der Waals surface area contributed by atoms with Gasteiger partial charge in [-0.2, -0.15) is 0 Å². The van der Waals surface area contributed by atoms with E-state index in [-0.39, 0.29) is 0 Å². The topological polar surface area (TPSA) is 23.9 Å². The highest BCUT2D eigenvalue weighted by atomic mass is 32.2. The van der Waals surface area contributed by atoms with E-state index in [1.165, 1.54) is 12.8 Å². The molecule has 0 saturated carbocycles. The second kappa shape index (κ2) is 6.14. The summed E-state index contributed by atoms with van der Waals surface area (Å²) in [4.78, 5) is 0. The van der Waals surface area contributed by atoms with Crippen LogP contribution in [0.4, 0.5) is 0 Å². The van der Waals surface area contributed by atoms with Crippen LogP contribution in [0.2, 0.25) is 0 Å². The van der Waals surface area contributed by atoms with E-state index in [1.54, 1.807) is 11.8 Å². The maximum atomic E-state index is 7.28. The van der Waals surface area contributed by atoms with Gasteiger partial charge >= 0.3 is 0 Å². The number of hydrogen-bond acceptors (Lipinski definition) is 2. The molecule has 1 N–H and O–H groups in total. The highest BCUT2D eigenvalue weighted by molar-refractivity contribution is 8.13. The highest BCUT2D eigenvalue weighted by Gasteiger charge is 1.91. The third-order valence-corrected chi connectivity index (χ3v) is 2.23. The van der Waals surface area contributed by atoms with E-state index in [4.69, 9.17) is 5.41 Å². The Morgan fingerprint density at radius 1 is 1.44 bits per heavy atom. The van der Waals surface area contributed by atoms with Crippen molar-refractivity contribution in [1.29, 1.82) is 5.41 Å². The largest absolute Gasteiger partial charge is 0.298 e. The quantitative estimate of drug-likeness (QED) is 0.367. The van der Waals surface area contributed by atoms with Crippen molar-refractivity contribution in [2.24, 2.45) is 0 Å². The smallest absolute Gasteiger partial charge is 0.0638 e. The Balaban J connectivity index is 2.97. The molecule has 0 spiro atoms. The van der Waals surface area contributed by atoms with Gasteiger partial charge in [0.05, 0.1) is 5.04 Å². The van der Waals surface area contributed by atoms with Gasteiger partial charge in [0, 0.05) is 0 Å². The normalized spacial score (nSPS) is 9.56. The maximum absolute atomic E-state index is 7.28. The molecule has 0 aliphatic rings. The van der Waals surface area contributed by atoms with E-state index in [0.717, 1.165) is 17.2 Å². The molecule has 54 valence electrons. The van der Waals surface area contributed by atoms with Gasteiger partial charge in [-0.15, -0.1) is 11.8 Å². The van der Waals surface area contributed by atoms with Crippen LogP contribution in [-0.4, -0.2) is 10.8 Å². The van der Waals surface area contributed by atoms with E-state index < -0.39 is 0 Å². The summed E-state index contributed by atoms with van der Waals surface area (Å²) in [6.45, 7) is 4.21. The van der Waals surface area contributed by atoms with Crippen LogP contribution in [0.5, 0.6) is 0 Å². The van der Waals surface area contributed by atoms with E-state index in [0.29, 0.717) is 0 Å². The molecular formula is C7H15NS. The monoisotopic (exact) mass is 145 g/mol. The molecule has 0 aromatic heterocycles. The van der Waals surface area contributed by atoms with Crippen molar-refractivity contribution in [2.75, 3.05) is 5.75 Å². The number of hydrogen-bond donors (Lipinski definition) is 1. The minimum atomic E-state index is 0.823. The molecule has 1 nitrogen and oxygen atoms in total. The molecule has 0 rings (SSSR count). The maximum Gasteiger partial charge on any atom is 0.0638 e. The van der Waals surface area contributed by atoms with Gasteiger partial charge < -0.3 is 0 Å². The Kier molecular flexibility index (Phi) is 6.16. The molecule has 0 aromatic carbocycles. The molecule has 0 amide bonds. The summed E-state index contributed by atoms with van der Waals surface area (Å²) in [5, 5.41) is 8.10. The highest BCUT2D eigenvalue weighted by Crippen LogP contribution is 2.07. The van der Waals surface area contributed by atoms with Crippen LogP contribution >= 0.6 is 11.8 Å². The first-order valence-corrected chi connectivity index (χ1v) is 4.50. The third kappa shape index (κ3) is 5.90. The van der Waals surface area contributed by atoms with Crippen LogP contribution in [0.15, 0.2) is 0 Å².